The molecule has 4 heteroatoms. The van der Waals surface area contributed by atoms with Crippen LogP contribution in [0.1, 0.15) is 74.6 Å². The molecule has 0 fully saturated rings. The summed E-state index contributed by atoms with van der Waals surface area (Å²) in [6, 6.07) is 8.18. The smallest absolute Gasteiger partial charge is 0.133 e. The summed E-state index contributed by atoms with van der Waals surface area (Å²) in [4.78, 5) is 1.72. The minimum Gasteiger partial charge on any atom is -0.506 e. The van der Waals surface area contributed by atoms with E-state index >= 15 is 0 Å². The summed E-state index contributed by atoms with van der Waals surface area (Å²) in [5.74, 6) is 1.39. The summed E-state index contributed by atoms with van der Waals surface area (Å²) in [5.41, 5.74) is 4.30. The highest BCUT2D eigenvalue weighted by Gasteiger charge is 2.17. The van der Waals surface area contributed by atoms with E-state index in [0.717, 1.165) is 44.9 Å². The number of phenolic OH excluding ortho intramolecular Hbond substituents is 2. The van der Waals surface area contributed by atoms with Crippen molar-refractivity contribution in [3.05, 3.63) is 46.5 Å². The lowest BCUT2D eigenvalue weighted by molar-refractivity contribution is 0.448. The maximum absolute atomic E-state index is 10.7. The van der Waals surface area contributed by atoms with E-state index in [-0.39, 0.29) is 0 Å². The van der Waals surface area contributed by atoms with E-state index in [1.165, 1.54) is 21.6 Å². The quantitative estimate of drug-likeness (QED) is 0.479. The summed E-state index contributed by atoms with van der Waals surface area (Å²) in [7, 11) is 3.03. The van der Waals surface area contributed by atoms with Crippen molar-refractivity contribution in [2.45, 2.75) is 76.0 Å². The van der Waals surface area contributed by atoms with Crippen LogP contribution in [0, 0.1) is 13.8 Å². The van der Waals surface area contributed by atoms with Gasteiger partial charge in [-0.05, 0) is 94.5 Å². The molecule has 26 heavy (non-hydrogen) atoms. The molecule has 0 bridgehead atoms. The highest BCUT2D eigenvalue weighted by atomic mass is 33.1. The first kappa shape index (κ1) is 21.0. The molecule has 2 unspecified atom stereocenters. The Labute approximate surface area is 165 Å². The van der Waals surface area contributed by atoms with Crippen LogP contribution in [0.4, 0.5) is 0 Å². The molecule has 0 aliphatic heterocycles. The van der Waals surface area contributed by atoms with Gasteiger partial charge < -0.3 is 10.2 Å². The van der Waals surface area contributed by atoms with Gasteiger partial charge >= 0.3 is 0 Å². The van der Waals surface area contributed by atoms with Crippen molar-refractivity contribution in [2.75, 3.05) is 0 Å². The first-order chi connectivity index (χ1) is 12.3. The van der Waals surface area contributed by atoms with Crippen molar-refractivity contribution >= 4 is 21.6 Å². The Morgan fingerprint density at radius 3 is 1.38 bits per heavy atom. The van der Waals surface area contributed by atoms with Crippen LogP contribution in [0.15, 0.2) is 34.1 Å². The molecule has 2 aromatic rings. The van der Waals surface area contributed by atoms with Crippen molar-refractivity contribution < 1.29 is 10.2 Å². The molecule has 0 aliphatic carbocycles. The summed E-state index contributed by atoms with van der Waals surface area (Å²) in [5, 5.41) is 21.4. The SMILES string of the molecule is CCC(C)c1cc(C)cc(SSc2cc(C)cc(C(C)CC)c2O)c1O. The Morgan fingerprint density at radius 1 is 0.731 bits per heavy atom. The lowest BCUT2D eigenvalue weighted by Gasteiger charge is -2.17. The van der Waals surface area contributed by atoms with Crippen LogP contribution in [0.2, 0.25) is 0 Å². The zero-order chi connectivity index (χ0) is 19.4. The van der Waals surface area contributed by atoms with Gasteiger partial charge in [-0.25, -0.2) is 0 Å². The van der Waals surface area contributed by atoms with Gasteiger partial charge in [-0.1, -0.05) is 39.8 Å². The fourth-order valence-corrected chi connectivity index (χ4v) is 5.30. The average molecular weight is 391 g/mol. The van der Waals surface area contributed by atoms with Gasteiger partial charge in [0, 0.05) is 0 Å². The molecular formula is C22H30O2S2. The van der Waals surface area contributed by atoms with Crippen LogP contribution in [0.3, 0.4) is 0 Å². The van der Waals surface area contributed by atoms with Gasteiger partial charge in [-0.15, -0.1) is 0 Å². The van der Waals surface area contributed by atoms with Crippen molar-refractivity contribution in [2.24, 2.45) is 0 Å². The van der Waals surface area contributed by atoms with Crippen LogP contribution in [0.25, 0.3) is 0 Å². The first-order valence-corrected chi connectivity index (χ1v) is 11.4. The Hall–Kier alpha value is -1.26. The standard InChI is InChI=1S/C22H30O2S2/c1-7-15(5)17-9-13(3)11-19(21(17)23)25-26-20-12-14(4)10-18(22(20)24)16(6)8-2/h9-12,15-16,23-24H,7-8H2,1-6H3. The predicted octanol–water partition coefficient (Wildman–Crippen LogP) is 7.54. The van der Waals surface area contributed by atoms with Gasteiger partial charge in [-0.2, -0.15) is 0 Å². The Balaban J connectivity index is 2.32. The number of aryl methyl sites for hydroxylation is 2. The first-order valence-electron chi connectivity index (χ1n) is 9.29. The van der Waals surface area contributed by atoms with Crippen molar-refractivity contribution in [1.29, 1.82) is 0 Å². The number of rotatable bonds is 7. The van der Waals surface area contributed by atoms with Crippen LogP contribution < -0.4 is 0 Å². The Kier molecular flexibility index (Phi) is 7.36. The molecule has 2 nitrogen and oxygen atoms in total. The van der Waals surface area contributed by atoms with Gasteiger partial charge in [0.25, 0.3) is 0 Å². The third-order valence-electron chi connectivity index (χ3n) is 5.01. The van der Waals surface area contributed by atoms with E-state index in [2.05, 4.69) is 53.7 Å². The highest BCUT2D eigenvalue weighted by molar-refractivity contribution is 8.76. The summed E-state index contributed by atoms with van der Waals surface area (Å²) < 4.78 is 0. The maximum Gasteiger partial charge on any atom is 0.133 e. The van der Waals surface area contributed by atoms with Crippen LogP contribution in [-0.2, 0) is 0 Å². The van der Waals surface area contributed by atoms with Crippen molar-refractivity contribution in [3.63, 3.8) is 0 Å². The second-order valence-electron chi connectivity index (χ2n) is 7.19. The van der Waals surface area contributed by atoms with E-state index in [4.69, 9.17) is 0 Å². The van der Waals surface area contributed by atoms with Gasteiger partial charge in [0.1, 0.15) is 11.5 Å². The summed E-state index contributed by atoms with van der Waals surface area (Å²) in [6.45, 7) is 12.7. The second-order valence-corrected chi connectivity index (χ2v) is 9.40. The molecule has 2 rings (SSSR count). The number of benzene rings is 2. The fraction of sp³-hybridized carbons (Fsp3) is 0.455. The van der Waals surface area contributed by atoms with Crippen molar-refractivity contribution in [1.82, 2.24) is 0 Å². The largest absolute Gasteiger partial charge is 0.506 e. The average Bonchev–Trinajstić information content (AvgIpc) is 2.62. The van der Waals surface area contributed by atoms with E-state index in [0.29, 0.717) is 23.3 Å². The van der Waals surface area contributed by atoms with Crippen LogP contribution in [0.5, 0.6) is 11.5 Å². The molecular weight excluding hydrogens is 360 g/mol. The lowest BCUT2D eigenvalue weighted by Crippen LogP contribution is -1.95. The van der Waals surface area contributed by atoms with E-state index in [1.807, 2.05) is 12.1 Å². The molecule has 2 atom stereocenters. The third-order valence-corrected chi connectivity index (χ3v) is 7.40. The monoisotopic (exact) mass is 390 g/mol. The Morgan fingerprint density at radius 2 is 1.08 bits per heavy atom. The fourth-order valence-electron chi connectivity index (χ4n) is 2.95. The van der Waals surface area contributed by atoms with Gasteiger partial charge in [0.05, 0.1) is 9.79 Å². The number of phenols is 2. The molecule has 0 saturated heterocycles. The zero-order valence-corrected chi connectivity index (χ0v) is 18.2. The normalized spacial score (nSPS) is 13.6. The lowest BCUT2D eigenvalue weighted by atomic mass is 9.96. The molecule has 0 amide bonds. The van der Waals surface area contributed by atoms with Gasteiger partial charge in [0.15, 0.2) is 0 Å². The Bertz CT molecular complexity index is 706. The maximum atomic E-state index is 10.7. The molecule has 0 radical (unpaired) electrons. The summed E-state index contributed by atoms with van der Waals surface area (Å²) in [6.07, 6.45) is 1.98. The minimum absolute atomic E-state index is 0.323. The molecule has 0 aromatic heterocycles. The molecule has 2 N–H and O–H groups in total. The minimum atomic E-state index is 0.323. The second kappa shape index (κ2) is 9.09. The van der Waals surface area contributed by atoms with E-state index in [9.17, 15) is 10.2 Å². The van der Waals surface area contributed by atoms with E-state index < -0.39 is 0 Å². The predicted molar refractivity (Wildman–Crippen MR) is 115 cm³/mol. The topological polar surface area (TPSA) is 40.5 Å². The third kappa shape index (κ3) is 4.72. The molecule has 0 aliphatic rings. The number of hydrogen-bond donors (Lipinski definition) is 2. The van der Waals surface area contributed by atoms with Crippen LogP contribution in [-0.4, -0.2) is 10.2 Å². The molecule has 0 heterocycles. The van der Waals surface area contributed by atoms with Gasteiger partial charge in [0.2, 0.25) is 0 Å². The number of hydrogen-bond acceptors (Lipinski definition) is 4. The van der Waals surface area contributed by atoms with Gasteiger partial charge in [-0.3, -0.25) is 0 Å². The number of aromatic hydroxyl groups is 2. The summed E-state index contributed by atoms with van der Waals surface area (Å²) >= 11 is 0. The van der Waals surface area contributed by atoms with Crippen LogP contribution >= 0.6 is 21.6 Å². The zero-order valence-electron chi connectivity index (χ0n) is 16.6. The highest BCUT2D eigenvalue weighted by Crippen LogP contribution is 2.48. The van der Waals surface area contributed by atoms with Crippen molar-refractivity contribution in [3.8, 4) is 11.5 Å². The molecule has 0 saturated carbocycles. The molecule has 142 valence electrons. The van der Waals surface area contributed by atoms with E-state index in [1.54, 1.807) is 0 Å². The molecule has 0 spiro atoms. The molecule has 2 aromatic carbocycles.